The molecule has 0 bridgehead atoms. The van der Waals surface area contributed by atoms with Crippen molar-refractivity contribution in [2.24, 2.45) is 0 Å². The Bertz CT molecular complexity index is 1850. The van der Waals surface area contributed by atoms with Crippen LogP contribution in [-0.2, 0) is 6.42 Å². The molecular weight excluding hydrogens is 537 g/mol. The molecule has 3 heterocycles. The first-order chi connectivity index (χ1) is 20.2. The van der Waals surface area contributed by atoms with Crippen LogP contribution in [0.5, 0.6) is 23.0 Å². The first kappa shape index (κ1) is 28.5. The van der Waals surface area contributed by atoms with Gasteiger partial charge in [-0.1, -0.05) is 6.07 Å². The number of nitrogens with zero attached hydrogens (tertiary/aromatic N) is 3. The molecule has 0 aliphatic carbocycles. The number of carbonyl (C=O) groups is 1. The van der Waals surface area contributed by atoms with Gasteiger partial charge in [0, 0.05) is 47.3 Å². The highest BCUT2D eigenvalue weighted by Gasteiger charge is 2.19. The summed E-state index contributed by atoms with van der Waals surface area (Å²) in [6.07, 6.45) is 6.38. The van der Waals surface area contributed by atoms with E-state index in [1.54, 1.807) is 76.1 Å². The van der Waals surface area contributed by atoms with Crippen molar-refractivity contribution in [2.45, 2.75) is 33.2 Å². The highest BCUT2D eigenvalue weighted by Crippen LogP contribution is 2.36. The number of halogens is 1. The fraction of sp³-hybridized carbons (Fsp3) is 0.212. The molecule has 0 saturated carbocycles. The minimum absolute atomic E-state index is 0.00321. The Morgan fingerprint density at radius 1 is 0.929 bits per heavy atom. The largest absolute Gasteiger partial charge is 0.493 e. The second-order valence-electron chi connectivity index (χ2n) is 10.1. The summed E-state index contributed by atoms with van der Waals surface area (Å²) in [5.74, 6) is 1.37. The normalized spacial score (nSPS) is 11.1. The van der Waals surface area contributed by atoms with Crippen molar-refractivity contribution in [3.05, 3.63) is 106 Å². The van der Waals surface area contributed by atoms with Crippen molar-refractivity contribution >= 4 is 16.7 Å². The topological polar surface area (TPSA) is 92.5 Å². The lowest BCUT2D eigenvalue weighted by Gasteiger charge is -2.16. The van der Waals surface area contributed by atoms with Gasteiger partial charge in [-0.3, -0.25) is 19.6 Å². The number of hydrogen-bond donors (Lipinski definition) is 0. The van der Waals surface area contributed by atoms with Crippen molar-refractivity contribution in [3.63, 3.8) is 0 Å². The van der Waals surface area contributed by atoms with Crippen LogP contribution in [0, 0.1) is 12.7 Å². The number of benzene rings is 2. The van der Waals surface area contributed by atoms with Crippen molar-refractivity contribution in [1.82, 2.24) is 14.5 Å². The van der Waals surface area contributed by atoms with E-state index in [9.17, 15) is 14.0 Å². The molecule has 0 radical (unpaired) electrons. The number of aryl methyl sites for hydroxylation is 1. The van der Waals surface area contributed by atoms with E-state index in [0.29, 0.717) is 50.9 Å². The maximum atomic E-state index is 13.7. The highest BCUT2D eigenvalue weighted by atomic mass is 19.1. The van der Waals surface area contributed by atoms with E-state index in [1.165, 1.54) is 18.3 Å². The van der Waals surface area contributed by atoms with Crippen molar-refractivity contribution in [2.75, 3.05) is 14.2 Å². The monoisotopic (exact) mass is 567 g/mol. The smallest absolute Gasteiger partial charge is 0.200 e. The fourth-order valence-electron chi connectivity index (χ4n) is 4.71. The average Bonchev–Trinajstić information content (AvgIpc) is 2.97. The number of ether oxygens (including phenoxy) is 3. The Morgan fingerprint density at radius 3 is 2.36 bits per heavy atom. The van der Waals surface area contributed by atoms with Gasteiger partial charge in [0.05, 0.1) is 37.9 Å². The predicted molar refractivity (Wildman–Crippen MR) is 158 cm³/mol. The number of fused-ring (bicyclic) bond motifs is 1. The number of pyridine rings is 3. The summed E-state index contributed by atoms with van der Waals surface area (Å²) in [4.78, 5) is 35.7. The number of Topliss-reactive ketones (excluding diaryl/α,β-unsaturated/α-hetero) is 1. The number of rotatable bonds is 9. The Labute approximate surface area is 242 Å². The van der Waals surface area contributed by atoms with E-state index in [4.69, 9.17) is 14.2 Å². The molecule has 0 saturated heterocycles. The van der Waals surface area contributed by atoms with Gasteiger partial charge in [-0.25, -0.2) is 4.39 Å². The molecule has 0 fully saturated rings. The number of aromatic nitrogens is 3. The first-order valence-electron chi connectivity index (χ1n) is 13.4. The summed E-state index contributed by atoms with van der Waals surface area (Å²) in [5.41, 5.74) is 2.36. The van der Waals surface area contributed by atoms with Crippen molar-refractivity contribution in [3.8, 4) is 34.1 Å². The number of hydrogen-bond acceptors (Lipinski definition) is 7. The number of ketones is 1. The van der Waals surface area contributed by atoms with Gasteiger partial charge in [-0.05, 0) is 68.3 Å². The number of methoxy groups -OCH3 is 2. The SMILES string of the molecule is COc1cc2nccc(Oc3ccc(CC(=O)c4cn(C(C)C)cc(-c5ccc(F)cc5C)c4=O)nc3)c2cc1OC. The van der Waals surface area contributed by atoms with Crippen LogP contribution in [0.3, 0.4) is 0 Å². The molecular formula is C33H30FN3O5. The fourth-order valence-corrected chi connectivity index (χ4v) is 4.71. The third-order valence-corrected chi connectivity index (χ3v) is 6.99. The van der Waals surface area contributed by atoms with Gasteiger partial charge >= 0.3 is 0 Å². The second kappa shape index (κ2) is 11.8. The zero-order valence-electron chi connectivity index (χ0n) is 24.0. The minimum Gasteiger partial charge on any atom is -0.493 e. The lowest BCUT2D eigenvalue weighted by molar-refractivity contribution is 0.0990. The Hall–Kier alpha value is -5.05. The second-order valence-corrected chi connectivity index (χ2v) is 10.1. The summed E-state index contributed by atoms with van der Waals surface area (Å²) >= 11 is 0. The standard InChI is InChI=1S/C33H30FN3O5/c1-19(2)37-17-26(24-9-6-21(34)12-20(24)3)33(39)27(18-37)29(38)13-22-7-8-23(16-36-22)42-30-10-11-35-28-15-32(41-5)31(40-4)14-25(28)30/h6-12,14-19H,13H2,1-5H3. The van der Waals surface area contributed by atoms with Crippen LogP contribution in [0.15, 0.2) is 78.1 Å². The average molecular weight is 568 g/mol. The zero-order chi connectivity index (χ0) is 30.0. The van der Waals surface area contributed by atoms with Gasteiger partial charge in [-0.2, -0.15) is 0 Å². The summed E-state index contributed by atoms with van der Waals surface area (Å²) in [7, 11) is 3.12. The van der Waals surface area contributed by atoms with Crippen LogP contribution in [0.25, 0.3) is 22.0 Å². The summed E-state index contributed by atoms with van der Waals surface area (Å²) < 4.78 is 32.4. The molecule has 214 valence electrons. The Kier molecular flexibility index (Phi) is 8.01. The maximum absolute atomic E-state index is 13.7. The first-order valence-corrected chi connectivity index (χ1v) is 13.4. The van der Waals surface area contributed by atoms with Crippen molar-refractivity contribution < 1.29 is 23.4 Å². The van der Waals surface area contributed by atoms with Crippen LogP contribution >= 0.6 is 0 Å². The molecule has 0 aliphatic heterocycles. The van der Waals surface area contributed by atoms with Crippen LogP contribution < -0.4 is 19.6 Å². The maximum Gasteiger partial charge on any atom is 0.200 e. The van der Waals surface area contributed by atoms with E-state index in [2.05, 4.69) is 9.97 Å². The van der Waals surface area contributed by atoms with Crippen LogP contribution in [0.4, 0.5) is 4.39 Å². The lowest BCUT2D eigenvalue weighted by Crippen LogP contribution is -2.22. The van der Waals surface area contributed by atoms with Gasteiger partial charge < -0.3 is 18.8 Å². The van der Waals surface area contributed by atoms with Gasteiger partial charge in [0.15, 0.2) is 22.7 Å². The predicted octanol–water partition coefficient (Wildman–Crippen LogP) is 6.72. The molecule has 8 nitrogen and oxygen atoms in total. The van der Waals surface area contributed by atoms with Crippen molar-refractivity contribution in [1.29, 1.82) is 0 Å². The minimum atomic E-state index is -0.400. The zero-order valence-corrected chi connectivity index (χ0v) is 24.0. The molecule has 0 unspecified atom stereocenters. The third kappa shape index (κ3) is 5.72. The molecule has 0 atom stereocenters. The highest BCUT2D eigenvalue weighted by molar-refractivity contribution is 5.98. The molecule has 0 N–H and O–H groups in total. The van der Waals surface area contributed by atoms with E-state index >= 15 is 0 Å². The molecule has 9 heteroatoms. The Morgan fingerprint density at radius 2 is 1.69 bits per heavy atom. The summed E-state index contributed by atoms with van der Waals surface area (Å²) in [5, 5.41) is 0.729. The van der Waals surface area contributed by atoms with E-state index in [0.717, 1.165) is 5.39 Å². The van der Waals surface area contributed by atoms with Gasteiger partial charge in [-0.15, -0.1) is 0 Å². The van der Waals surface area contributed by atoms with E-state index < -0.39 is 5.43 Å². The quantitative estimate of drug-likeness (QED) is 0.183. The molecule has 2 aromatic carbocycles. The summed E-state index contributed by atoms with van der Waals surface area (Å²) in [6, 6.07) is 13.0. The van der Waals surface area contributed by atoms with E-state index in [1.807, 2.05) is 18.4 Å². The summed E-state index contributed by atoms with van der Waals surface area (Å²) in [6.45, 7) is 5.65. The molecule has 3 aromatic heterocycles. The van der Waals surface area contributed by atoms with Crippen LogP contribution in [-0.4, -0.2) is 34.5 Å². The van der Waals surface area contributed by atoms with Crippen LogP contribution in [0.1, 0.15) is 41.5 Å². The van der Waals surface area contributed by atoms with E-state index in [-0.39, 0.29) is 29.6 Å². The molecule has 5 rings (SSSR count). The lowest BCUT2D eigenvalue weighted by atomic mass is 9.97. The van der Waals surface area contributed by atoms with Crippen LogP contribution in [0.2, 0.25) is 0 Å². The number of carbonyl (C=O) groups excluding carboxylic acids is 1. The van der Waals surface area contributed by atoms with Gasteiger partial charge in [0.1, 0.15) is 17.3 Å². The molecule has 0 spiro atoms. The molecule has 5 aromatic rings. The molecule has 42 heavy (non-hydrogen) atoms. The van der Waals surface area contributed by atoms with Gasteiger partial charge in [0.25, 0.3) is 0 Å². The van der Waals surface area contributed by atoms with Gasteiger partial charge in [0.2, 0.25) is 0 Å². The molecule has 0 aliphatic rings. The molecule has 0 amide bonds. The third-order valence-electron chi connectivity index (χ3n) is 6.99. The Balaban J connectivity index is 1.40.